The van der Waals surface area contributed by atoms with Crippen LogP contribution in [0.4, 0.5) is 11.6 Å². The van der Waals surface area contributed by atoms with Crippen LogP contribution in [0.1, 0.15) is 44.3 Å². The Morgan fingerprint density at radius 2 is 2.12 bits per heavy atom. The van der Waals surface area contributed by atoms with Gasteiger partial charge in [0.15, 0.2) is 0 Å². The molecule has 1 heterocycles. The number of hydrogen-bond acceptors (Lipinski definition) is 4. The first-order valence-electron chi connectivity index (χ1n) is 6.59. The van der Waals surface area contributed by atoms with E-state index in [1.165, 1.54) is 38.5 Å². The predicted octanol–water partition coefficient (Wildman–Crippen LogP) is 2.75. The third-order valence-corrected chi connectivity index (χ3v) is 3.43. The van der Waals surface area contributed by atoms with Crippen molar-refractivity contribution in [1.29, 1.82) is 0 Å². The first kappa shape index (κ1) is 12.1. The van der Waals surface area contributed by atoms with Crippen LogP contribution >= 0.6 is 0 Å². The van der Waals surface area contributed by atoms with Gasteiger partial charge in [-0.2, -0.15) is 0 Å². The molecule has 3 N–H and O–H groups in total. The summed E-state index contributed by atoms with van der Waals surface area (Å²) in [5.41, 5.74) is 5.67. The summed E-state index contributed by atoms with van der Waals surface area (Å²) >= 11 is 0. The number of rotatable bonds is 5. The average molecular weight is 234 g/mol. The van der Waals surface area contributed by atoms with E-state index in [0.717, 1.165) is 24.1 Å². The van der Waals surface area contributed by atoms with E-state index >= 15 is 0 Å². The van der Waals surface area contributed by atoms with E-state index in [4.69, 9.17) is 5.73 Å². The summed E-state index contributed by atoms with van der Waals surface area (Å²) in [4.78, 5) is 8.35. The zero-order chi connectivity index (χ0) is 12.1. The Hall–Kier alpha value is -1.32. The van der Waals surface area contributed by atoms with Crippen LogP contribution in [0.5, 0.6) is 0 Å². The lowest BCUT2D eigenvalue weighted by atomic mass is 10.0. The Kier molecular flexibility index (Phi) is 4.18. The molecule has 94 valence electrons. The summed E-state index contributed by atoms with van der Waals surface area (Å²) in [5, 5.41) is 3.32. The molecule has 0 radical (unpaired) electrons. The lowest BCUT2D eigenvalue weighted by molar-refractivity contribution is 0.491. The molecule has 0 amide bonds. The minimum atomic E-state index is 0.538. The molecule has 4 heteroatoms. The second-order valence-corrected chi connectivity index (χ2v) is 4.94. The number of nitrogens with two attached hydrogens (primary N) is 1. The van der Waals surface area contributed by atoms with Crippen molar-refractivity contribution in [3.8, 4) is 0 Å². The zero-order valence-electron chi connectivity index (χ0n) is 10.6. The maximum atomic E-state index is 5.67. The highest BCUT2D eigenvalue weighted by atomic mass is 15.0. The third kappa shape index (κ3) is 3.88. The molecule has 0 aliphatic heterocycles. The fourth-order valence-corrected chi connectivity index (χ4v) is 2.59. The lowest BCUT2D eigenvalue weighted by Gasteiger charge is -2.10. The number of hydrogen-bond donors (Lipinski definition) is 2. The molecular weight excluding hydrogens is 212 g/mol. The number of nitrogen functional groups attached to an aromatic ring is 1. The van der Waals surface area contributed by atoms with Gasteiger partial charge in [0.25, 0.3) is 0 Å². The number of aryl methyl sites for hydroxylation is 1. The van der Waals surface area contributed by atoms with E-state index in [-0.39, 0.29) is 0 Å². The normalized spacial score (nSPS) is 16.3. The van der Waals surface area contributed by atoms with Crippen molar-refractivity contribution >= 4 is 11.6 Å². The van der Waals surface area contributed by atoms with Gasteiger partial charge in [-0.3, -0.25) is 0 Å². The van der Waals surface area contributed by atoms with Crippen LogP contribution in [0.2, 0.25) is 0 Å². The topological polar surface area (TPSA) is 63.8 Å². The Morgan fingerprint density at radius 1 is 1.35 bits per heavy atom. The fourth-order valence-electron chi connectivity index (χ4n) is 2.59. The minimum absolute atomic E-state index is 0.538. The first-order chi connectivity index (χ1) is 8.24. The minimum Gasteiger partial charge on any atom is -0.384 e. The number of nitrogens with zero attached hydrogens (tertiary/aromatic N) is 2. The molecule has 0 aromatic carbocycles. The highest BCUT2D eigenvalue weighted by Gasteiger charge is 2.13. The van der Waals surface area contributed by atoms with Crippen LogP contribution in [0.15, 0.2) is 6.07 Å². The van der Waals surface area contributed by atoms with Crippen molar-refractivity contribution in [2.24, 2.45) is 5.92 Å². The molecule has 0 atom stereocenters. The van der Waals surface area contributed by atoms with E-state index in [9.17, 15) is 0 Å². The van der Waals surface area contributed by atoms with Crippen molar-refractivity contribution in [2.75, 3.05) is 17.6 Å². The molecule has 0 spiro atoms. The quantitative estimate of drug-likeness (QED) is 0.769. The molecule has 1 saturated carbocycles. The highest BCUT2D eigenvalue weighted by Crippen LogP contribution is 2.28. The monoisotopic (exact) mass is 234 g/mol. The van der Waals surface area contributed by atoms with Gasteiger partial charge < -0.3 is 11.1 Å². The second kappa shape index (κ2) is 5.84. The molecule has 1 aliphatic rings. The highest BCUT2D eigenvalue weighted by molar-refractivity contribution is 5.44. The third-order valence-electron chi connectivity index (χ3n) is 3.43. The summed E-state index contributed by atoms with van der Waals surface area (Å²) in [7, 11) is 0. The Bertz CT molecular complexity index is 338. The molecule has 0 bridgehead atoms. The molecule has 17 heavy (non-hydrogen) atoms. The Labute approximate surface area is 103 Å². The standard InChI is InChI=1S/C13H22N4/c1-10-16-12(14)9-13(17-10)15-8-4-7-11-5-2-3-6-11/h9,11H,2-8H2,1H3,(H3,14,15,16,17). The van der Waals surface area contributed by atoms with Gasteiger partial charge in [-0.25, -0.2) is 9.97 Å². The summed E-state index contributed by atoms with van der Waals surface area (Å²) < 4.78 is 0. The molecule has 2 rings (SSSR count). The van der Waals surface area contributed by atoms with Crippen LogP contribution in [-0.4, -0.2) is 16.5 Å². The largest absolute Gasteiger partial charge is 0.384 e. The van der Waals surface area contributed by atoms with Crippen molar-refractivity contribution in [3.05, 3.63) is 11.9 Å². The van der Waals surface area contributed by atoms with Crippen LogP contribution < -0.4 is 11.1 Å². The summed E-state index contributed by atoms with van der Waals surface area (Å²) in [6.45, 7) is 2.84. The fraction of sp³-hybridized carbons (Fsp3) is 0.692. The summed E-state index contributed by atoms with van der Waals surface area (Å²) in [6, 6.07) is 1.79. The summed E-state index contributed by atoms with van der Waals surface area (Å²) in [6.07, 6.45) is 8.28. The van der Waals surface area contributed by atoms with E-state index in [1.807, 2.05) is 6.92 Å². The number of nitrogens with one attached hydrogen (secondary N) is 1. The van der Waals surface area contributed by atoms with Crippen LogP contribution in [0, 0.1) is 12.8 Å². The van der Waals surface area contributed by atoms with Gasteiger partial charge in [0.1, 0.15) is 17.5 Å². The van der Waals surface area contributed by atoms with Gasteiger partial charge >= 0.3 is 0 Å². The molecule has 0 saturated heterocycles. The van der Waals surface area contributed by atoms with Gasteiger partial charge in [-0.15, -0.1) is 0 Å². The first-order valence-corrected chi connectivity index (χ1v) is 6.59. The Morgan fingerprint density at radius 3 is 2.82 bits per heavy atom. The second-order valence-electron chi connectivity index (χ2n) is 4.94. The number of anilines is 2. The van der Waals surface area contributed by atoms with Gasteiger partial charge in [-0.1, -0.05) is 25.7 Å². The maximum Gasteiger partial charge on any atom is 0.131 e. The molecule has 4 nitrogen and oxygen atoms in total. The van der Waals surface area contributed by atoms with Crippen molar-refractivity contribution in [1.82, 2.24) is 9.97 Å². The maximum absolute atomic E-state index is 5.67. The van der Waals surface area contributed by atoms with E-state index in [2.05, 4.69) is 15.3 Å². The smallest absolute Gasteiger partial charge is 0.131 e. The average Bonchev–Trinajstić information content (AvgIpc) is 2.76. The summed E-state index contributed by atoms with van der Waals surface area (Å²) in [5.74, 6) is 3.08. The SMILES string of the molecule is Cc1nc(N)cc(NCCCC2CCCC2)n1. The molecule has 1 aromatic rings. The van der Waals surface area contributed by atoms with Gasteiger partial charge in [-0.05, 0) is 25.7 Å². The van der Waals surface area contributed by atoms with E-state index in [1.54, 1.807) is 6.07 Å². The van der Waals surface area contributed by atoms with Crippen LogP contribution in [-0.2, 0) is 0 Å². The van der Waals surface area contributed by atoms with Gasteiger partial charge in [0.05, 0.1) is 0 Å². The number of aromatic nitrogens is 2. The van der Waals surface area contributed by atoms with Crippen LogP contribution in [0.25, 0.3) is 0 Å². The molecule has 1 aromatic heterocycles. The predicted molar refractivity (Wildman–Crippen MR) is 70.9 cm³/mol. The van der Waals surface area contributed by atoms with E-state index < -0.39 is 0 Å². The van der Waals surface area contributed by atoms with Crippen molar-refractivity contribution in [3.63, 3.8) is 0 Å². The van der Waals surface area contributed by atoms with Gasteiger partial charge in [0.2, 0.25) is 0 Å². The molecule has 0 unspecified atom stereocenters. The molecule has 1 fully saturated rings. The van der Waals surface area contributed by atoms with Crippen molar-refractivity contribution in [2.45, 2.75) is 45.4 Å². The Balaban J connectivity index is 1.70. The van der Waals surface area contributed by atoms with E-state index in [0.29, 0.717) is 5.82 Å². The molecular formula is C13H22N4. The van der Waals surface area contributed by atoms with Crippen LogP contribution in [0.3, 0.4) is 0 Å². The zero-order valence-corrected chi connectivity index (χ0v) is 10.6. The van der Waals surface area contributed by atoms with Gasteiger partial charge in [0, 0.05) is 12.6 Å². The lowest BCUT2D eigenvalue weighted by Crippen LogP contribution is -2.07. The van der Waals surface area contributed by atoms with Crippen molar-refractivity contribution < 1.29 is 0 Å². The molecule has 1 aliphatic carbocycles.